The zero-order valence-corrected chi connectivity index (χ0v) is 15.2. The Morgan fingerprint density at radius 3 is 2.44 bits per heavy atom. The van der Waals surface area contributed by atoms with Gasteiger partial charge < -0.3 is 19.0 Å². The first-order valence-corrected chi connectivity index (χ1v) is 8.50. The Labute approximate surface area is 147 Å². The predicted octanol–water partition coefficient (Wildman–Crippen LogP) is 3.16. The summed E-state index contributed by atoms with van der Waals surface area (Å²) in [6.45, 7) is 10.1. The first kappa shape index (κ1) is 17.3. The number of piperazine rings is 1. The first-order valence-electron chi connectivity index (χ1n) is 8.50. The molecule has 1 aromatic heterocycles. The van der Waals surface area contributed by atoms with Crippen molar-refractivity contribution < 1.29 is 13.9 Å². The average molecular weight is 344 g/mol. The van der Waals surface area contributed by atoms with E-state index in [-0.39, 0.29) is 11.7 Å². The second-order valence-electron chi connectivity index (χ2n) is 7.38. The van der Waals surface area contributed by atoms with Crippen LogP contribution in [0.4, 0.5) is 10.5 Å². The normalized spacial score (nSPS) is 15.5. The Hall–Kier alpha value is -2.50. The van der Waals surface area contributed by atoms with E-state index < -0.39 is 5.60 Å². The minimum atomic E-state index is -0.484. The van der Waals surface area contributed by atoms with Crippen LogP contribution in [0.1, 0.15) is 26.3 Å². The fourth-order valence-electron chi connectivity index (χ4n) is 2.98. The number of amides is 1. The summed E-state index contributed by atoms with van der Waals surface area (Å²) in [4.78, 5) is 27.6. The molecule has 2 aromatic rings. The summed E-state index contributed by atoms with van der Waals surface area (Å²) in [7, 11) is 0. The highest BCUT2D eigenvalue weighted by Gasteiger charge is 2.26. The Balaban J connectivity index is 1.72. The lowest BCUT2D eigenvalue weighted by atomic mass is 10.1. The number of aryl methyl sites for hydroxylation is 1. The van der Waals surface area contributed by atoms with Gasteiger partial charge in [-0.05, 0) is 45.4 Å². The maximum absolute atomic E-state index is 12.1. The quantitative estimate of drug-likeness (QED) is 0.744. The number of hydrogen-bond acceptors (Lipinski definition) is 5. The third-order valence-electron chi connectivity index (χ3n) is 4.23. The van der Waals surface area contributed by atoms with Gasteiger partial charge in [0, 0.05) is 49.4 Å². The van der Waals surface area contributed by atoms with Crippen LogP contribution in [0.25, 0.3) is 11.0 Å². The van der Waals surface area contributed by atoms with Crippen molar-refractivity contribution in [1.29, 1.82) is 0 Å². The van der Waals surface area contributed by atoms with Crippen molar-refractivity contribution >= 4 is 22.7 Å². The minimum Gasteiger partial charge on any atom is -0.444 e. The van der Waals surface area contributed by atoms with E-state index in [9.17, 15) is 9.59 Å². The second kappa shape index (κ2) is 6.43. The first-order chi connectivity index (χ1) is 11.7. The fourth-order valence-corrected chi connectivity index (χ4v) is 2.98. The molecule has 1 aliphatic heterocycles. The fraction of sp³-hybridized carbons (Fsp3) is 0.474. The second-order valence-corrected chi connectivity index (χ2v) is 7.38. The van der Waals surface area contributed by atoms with Crippen molar-refractivity contribution in [2.75, 3.05) is 31.1 Å². The van der Waals surface area contributed by atoms with Crippen LogP contribution in [-0.4, -0.2) is 42.8 Å². The van der Waals surface area contributed by atoms with Crippen LogP contribution in [0.3, 0.4) is 0 Å². The van der Waals surface area contributed by atoms with Crippen LogP contribution in [0.2, 0.25) is 0 Å². The monoisotopic (exact) mass is 344 g/mol. The molecule has 1 fully saturated rings. The van der Waals surface area contributed by atoms with E-state index in [0.29, 0.717) is 31.8 Å². The zero-order valence-electron chi connectivity index (χ0n) is 15.2. The molecule has 6 nitrogen and oxygen atoms in total. The SMILES string of the molecule is Cc1cc(=O)oc2cc(N3CCN(C(=O)OC(C)(C)C)CC3)ccc12. The van der Waals surface area contributed by atoms with E-state index in [2.05, 4.69) is 4.90 Å². The third kappa shape index (κ3) is 3.95. The topological polar surface area (TPSA) is 63.0 Å². The van der Waals surface area contributed by atoms with Gasteiger partial charge in [0.2, 0.25) is 0 Å². The van der Waals surface area contributed by atoms with Gasteiger partial charge in [0.15, 0.2) is 0 Å². The number of hydrogen-bond donors (Lipinski definition) is 0. The maximum Gasteiger partial charge on any atom is 0.410 e. The molecule has 1 saturated heterocycles. The van der Waals surface area contributed by atoms with Crippen LogP contribution in [0.5, 0.6) is 0 Å². The molecular formula is C19H24N2O4. The van der Waals surface area contributed by atoms with Crippen LogP contribution in [-0.2, 0) is 4.74 Å². The van der Waals surface area contributed by atoms with Crippen molar-refractivity contribution in [2.24, 2.45) is 0 Å². The summed E-state index contributed by atoms with van der Waals surface area (Å²) in [6, 6.07) is 7.40. The molecule has 0 bridgehead atoms. The number of anilines is 1. The van der Waals surface area contributed by atoms with Gasteiger partial charge in [-0.25, -0.2) is 9.59 Å². The number of ether oxygens (including phenoxy) is 1. The molecule has 0 unspecified atom stereocenters. The molecule has 0 saturated carbocycles. The smallest absolute Gasteiger partial charge is 0.410 e. The van der Waals surface area contributed by atoms with Gasteiger partial charge in [-0.3, -0.25) is 0 Å². The van der Waals surface area contributed by atoms with Gasteiger partial charge in [-0.1, -0.05) is 0 Å². The van der Waals surface area contributed by atoms with Crippen LogP contribution in [0, 0.1) is 6.92 Å². The number of rotatable bonds is 1. The Kier molecular flexibility index (Phi) is 4.45. The maximum atomic E-state index is 12.1. The molecule has 25 heavy (non-hydrogen) atoms. The summed E-state index contributed by atoms with van der Waals surface area (Å²) in [6.07, 6.45) is -0.271. The Bertz CT molecular complexity index is 843. The predicted molar refractivity (Wildman–Crippen MR) is 97.2 cm³/mol. The number of fused-ring (bicyclic) bond motifs is 1. The van der Waals surface area contributed by atoms with E-state index in [1.807, 2.05) is 45.9 Å². The standard InChI is InChI=1S/C19H24N2O4/c1-13-11-17(22)24-16-12-14(5-6-15(13)16)20-7-9-21(10-8-20)18(23)25-19(2,3)4/h5-6,11-12H,7-10H2,1-4H3. The molecule has 1 aliphatic rings. The van der Waals surface area contributed by atoms with Crippen molar-refractivity contribution in [2.45, 2.75) is 33.3 Å². The number of carbonyl (C=O) groups excluding carboxylic acids is 1. The van der Waals surface area contributed by atoms with Gasteiger partial charge in [-0.15, -0.1) is 0 Å². The number of benzene rings is 1. The highest BCUT2D eigenvalue weighted by Crippen LogP contribution is 2.24. The van der Waals surface area contributed by atoms with Gasteiger partial charge in [0.1, 0.15) is 11.2 Å². The van der Waals surface area contributed by atoms with Gasteiger partial charge in [0.25, 0.3) is 0 Å². The molecule has 1 aromatic carbocycles. The molecular weight excluding hydrogens is 320 g/mol. The van der Waals surface area contributed by atoms with Crippen molar-refractivity contribution in [1.82, 2.24) is 4.90 Å². The van der Waals surface area contributed by atoms with E-state index in [1.54, 1.807) is 4.90 Å². The van der Waals surface area contributed by atoms with Crippen molar-refractivity contribution in [3.63, 3.8) is 0 Å². The van der Waals surface area contributed by atoms with Gasteiger partial charge in [0.05, 0.1) is 0 Å². The van der Waals surface area contributed by atoms with E-state index in [0.717, 1.165) is 16.6 Å². The summed E-state index contributed by atoms with van der Waals surface area (Å²) in [5, 5.41) is 0.941. The van der Waals surface area contributed by atoms with E-state index >= 15 is 0 Å². The summed E-state index contributed by atoms with van der Waals surface area (Å²) < 4.78 is 10.7. The van der Waals surface area contributed by atoms with Crippen LogP contribution < -0.4 is 10.5 Å². The van der Waals surface area contributed by atoms with E-state index in [1.165, 1.54) is 6.07 Å². The molecule has 2 heterocycles. The highest BCUT2D eigenvalue weighted by molar-refractivity contribution is 5.83. The minimum absolute atomic E-state index is 0.271. The molecule has 0 atom stereocenters. The number of nitrogens with zero attached hydrogens (tertiary/aromatic N) is 2. The molecule has 0 radical (unpaired) electrons. The lowest BCUT2D eigenvalue weighted by Crippen LogP contribution is -2.50. The van der Waals surface area contributed by atoms with Gasteiger partial charge >= 0.3 is 11.7 Å². The molecule has 3 rings (SSSR count). The molecule has 0 N–H and O–H groups in total. The molecule has 6 heteroatoms. The summed E-state index contributed by atoms with van der Waals surface area (Å²) in [5.41, 5.74) is 1.67. The van der Waals surface area contributed by atoms with Gasteiger partial charge in [-0.2, -0.15) is 0 Å². The van der Waals surface area contributed by atoms with Crippen molar-refractivity contribution in [3.8, 4) is 0 Å². The molecule has 0 aliphatic carbocycles. The Morgan fingerprint density at radius 2 is 1.80 bits per heavy atom. The van der Waals surface area contributed by atoms with Crippen LogP contribution >= 0.6 is 0 Å². The summed E-state index contributed by atoms with van der Waals surface area (Å²) >= 11 is 0. The lowest BCUT2D eigenvalue weighted by Gasteiger charge is -2.36. The third-order valence-corrected chi connectivity index (χ3v) is 4.23. The molecule has 134 valence electrons. The largest absolute Gasteiger partial charge is 0.444 e. The highest BCUT2D eigenvalue weighted by atomic mass is 16.6. The average Bonchev–Trinajstić information content (AvgIpc) is 2.52. The lowest BCUT2D eigenvalue weighted by molar-refractivity contribution is 0.0240. The van der Waals surface area contributed by atoms with Crippen molar-refractivity contribution in [3.05, 3.63) is 40.2 Å². The molecule has 0 spiro atoms. The Morgan fingerprint density at radius 1 is 1.12 bits per heavy atom. The zero-order chi connectivity index (χ0) is 18.2. The molecule has 1 amide bonds. The van der Waals surface area contributed by atoms with E-state index in [4.69, 9.17) is 9.15 Å². The number of carbonyl (C=O) groups is 1. The summed E-state index contributed by atoms with van der Waals surface area (Å²) in [5.74, 6) is 0. The van der Waals surface area contributed by atoms with Crippen LogP contribution in [0.15, 0.2) is 33.5 Å².